The van der Waals surface area contributed by atoms with Gasteiger partial charge >= 0.3 is 0 Å². The van der Waals surface area contributed by atoms with Gasteiger partial charge in [-0.25, -0.2) is 0 Å². The molecule has 3 aromatic rings. The standard InChI is InChI=1S/C24H24O10/c1-2-11-5-13-17(7-16(11)33-24-23(29)22(28)21(27)19(8-25)34-24)30-9-14(20(13)26)12-3-4-15-18(6-12)32-10-31-15/h3-7,9,19,21-25,27-29H,2,8,10H2,1H3/t19-,21+,22+,23-,24-/m0/s1. The molecule has 5 atom stereocenters. The lowest BCUT2D eigenvalue weighted by atomic mass is 9.99. The van der Waals surface area contributed by atoms with E-state index in [0.29, 0.717) is 40.0 Å². The van der Waals surface area contributed by atoms with Crippen molar-refractivity contribution in [3.63, 3.8) is 0 Å². The van der Waals surface area contributed by atoms with Crippen molar-refractivity contribution in [3.8, 4) is 28.4 Å². The molecule has 1 aromatic heterocycles. The van der Waals surface area contributed by atoms with Crippen LogP contribution in [-0.2, 0) is 11.2 Å². The first kappa shape index (κ1) is 22.6. The van der Waals surface area contributed by atoms with E-state index in [1.54, 1.807) is 24.3 Å². The Labute approximate surface area is 193 Å². The van der Waals surface area contributed by atoms with E-state index in [4.69, 9.17) is 23.4 Å². The molecule has 180 valence electrons. The maximum atomic E-state index is 13.3. The lowest BCUT2D eigenvalue weighted by molar-refractivity contribution is -0.277. The number of fused-ring (bicyclic) bond motifs is 2. The fourth-order valence-electron chi connectivity index (χ4n) is 4.14. The molecule has 2 aromatic carbocycles. The van der Waals surface area contributed by atoms with Crippen LogP contribution in [0.1, 0.15) is 12.5 Å². The number of aliphatic hydroxyl groups is 4. The summed E-state index contributed by atoms with van der Waals surface area (Å²) in [6, 6.07) is 8.37. The first-order valence-electron chi connectivity index (χ1n) is 10.9. The molecule has 1 saturated heterocycles. The average Bonchev–Trinajstić information content (AvgIpc) is 3.32. The predicted octanol–water partition coefficient (Wildman–Crippen LogP) is 0.930. The minimum atomic E-state index is -1.57. The van der Waals surface area contributed by atoms with Crippen molar-refractivity contribution >= 4 is 11.0 Å². The van der Waals surface area contributed by atoms with E-state index < -0.39 is 37.3 Å². The molecule has 4 N–H and O–H groups in total. The van der Waals surface area contributed by atoms with Crippen molar-refractivity contribution in [1.29, 1.82) is 0 Å². The highest BCUT2D eigenvalue weighted by molar-refractivity contribution is 5.84. The minimum absolute atomic E-state index is 0.127. The molecule has 34 heavy (non-hydrogen) atoms. The van der Waals surface area contributed by atoms with Gasteiger partial charge in [0.05, 0.1) is 17.6 Å². The number of hydrogen-bond acceptors (Lipinski definition) is 10. The molecule has 10 nitrogen and oxygen atoms in total. The molecule has 0 amide bonds. The van der Waals surface area contributed by atoms with Gasteiger partial charge in [-0.15, -0.1) is 0 Å². The summed E-state index contributed by atoms with van der Waals surface area (Å²) in [4.78, 5) is 13.3. The smallest absolute Gasteiger partial charge is 0.231 e. The monoisotopic (exact) mass is 472 g/mol. The van der Waals surface area contributed by atoms with Crippen molar-refractivity contribution in [1.82, 2.24) is 0 Å². The zero-order valence-corrected chi connectivity index (χ0v) is 18.2. The minimum Gasteiger partial charge on any atom is -0.463 e. The molecular weight excluding hydrogens is 448 g/mol. The van der Waals surface area contributed by atoms with Gasteiger partial charge in [-0.3, -0.25) is 4.79 Å². The molecule has 2 aliphatic heterocycles. The molecule has 5 rings (SSSR count). The van der Waals surface area contributed by atoms with Gasteiger partial charge in [-0.2, -0.15) is 0 Å². The van der Waals surface area contributed by atoms with Crippen LogP contribution in [-0.4, -0.2) is 64.5 Å². The number of aryl methyl sites for hydroxylation is 1. The SMILES string of the molecule is CCc1cc2c(=O)c(-c3ccc4c(c3)OCO4)coc2cc1O[C@H]1O[C@@H](CO)[C@@H](O)[C@@H](O)[C@@H]1O. The number of rotatable bonds is 5. The third kappa shape index (κ3) is 3.79. The third-order valence-corrected chi connectivity index (χ3v) is 6.11. The molecule has 0 radical (unpaired) electrons. The normalized spacial score (nSPS) is 26.1. The van der Waals surface area contributed by atoms with Crippen molar-refractivity contribution < 1.29 is 43.8 Å². The van der Waals surface area contributed by atoms with Gasteiger partial charge in [-0.05, 0) is 35.7 Å². The second-order valence-electron chi connectivity index (χ2n) is 8.17. The summed E-state index contributed by atoms with van der Waals surface area (Å²) >= 11 is 0. The van der Waals surface area contributed by atoms with Gasteiger partial charge in [0.15, 0.2) is 11.5 Å². The lowest BCUT2D eigenvalue weighted by Crippen LogP contribution is -2.60. The topological polar surface area (TPSA) is 148 Å². The van der Waals surface area contributed by atoms with Crippen LogP contribution >= 0.6 is 0 Å². The van der Waals surface area contributed by atoms with Gasteiger partial charge in [-0.1, -0.05) is 13.0 Å². The van der Waals surface area contributed by atoms with Gasteiger partial charge in [0, 0.05) is 6.07 Å². The second-order valence-corrected chi connectivity index (χ2v) is 8.17. The van der Waals surface area contributed by atoms with Gasteiger partial charge in [0.1, 0.15) is 42.0 Å². The highest BCUT2D eigenvalue weighted by Crippen LogP contribution is 2.36. The molecule has 0 bridgehead atoms. The second kappa shape index (κ2) is 8.90. The Balaban J connectivity index is 1.50. The van der Waals surface area contributed by atoms with Crippen LogP contribution in [0.4, 0.5) is 0 Å². The quantitative estimate of drug-likeness (QED) is 0.423. The highest BCUT2D eigenvalue weighted by Gasteiger charge is 2.44. The molecular formula is C24H24O10. The maximum Gasteiger partial charge on any atom is 0.231 e. The number of ether oxygens (including phenoxy) is 4. The fourth-order valence-corrected chi connectivity index (χ4v) is 4.14. The van der Waals surface area contributed by atoms with Crippen LogP contribution in [0.2, 0.25) is 0 Å². The summed E-state index contributed by atoms with van der Waals surface area (Å²) < 4.78 is 27.7. The predicted molar refractivity (Wildman–Crippen MR) is 118 cm³/mol. The molecule has 3 heterocycles. The Bertz CT molecular complexity index is 1270. The summed E-state index contributed by atoms with van der Waals surface area (Å²) in [5.74, 6) is 1.44. The molecule has 0 spiro atoms. The van der Waals surface area contributed by atoms with Crippen LogP contribution in [0.25, 0.3) is 22.1 Å². The van der Waals surface area contributed by atoms with E-state index in [-0.39, 0.29) is 23.6 Å². The van der Waals surface area contributed by atoms with Crippen LogP contribution in [0.3, 0.4) is 0 Å². The van der Waals surface area contributed by atoms with Gasteiger partial charge in [0.2, 0.25) is 18.5 Å². The zero-order valence-electron chi connectivity index (χ0n) is 18.2. The molecule has 0 saturated carbocycles. The van der Waals surface area contributed by atoms with Gasteiger partial charge < -0.3 is 43.8 Å². The van der Waals surface area contributed by atoms with Crippen LogP contribution in [0.5, 0.6) is 17.2 Å². The van der Waals surface area contributed by atoms with Crippen molar-refractivity contribution in [3.05, 3.63) is 52.4 Å². The van der Waals surface area contributed by atoms with Crippen LogP contribution in [0.15, 0.2) is 45.8 Å². The Hall–Kier alpha value is -3.15. The largest absolute Gasteiger partial charge is 0.463 e. The highest BCUT2D eigenvalue weighted by atomic mass is 16.7. The summed E-state index contributed by atoms with van der Waals surface area (Å²) in [5.41, 5.74) is 1.63. The van der Waals surface area contributed by atoms with Crippen molar-refractivity contribution in [2.24, 2.45) is 0 Å². The number of aliphatic hydroxyl groups excluding tert-OH is 4. The molecule has 10 heteroatoms. The summed E-state index contributed by atoms with van der Waals surface area (Å²) in [5, 5.41) is 40.0. The Morgan fingerprint density at radius 1 is 1.03 bits per heavy atom. The molecule has 0 aliphatic carbocycles. The number of hydrogen-bond donors (Lipinski definition) is 4. The van der Waals surface area contributed by atoms with E-state index >= 15 is 0 Å². The summed E-state index contributed by atoms with van der Waals surface area (Å²) in [6.07, 6.45) is -5.23. The van der Waals surface area contributed by atoms with E-state index in [0.717, 1.165) is 0 Å². The third-order valence-electron chi connectivity index (χ3n) is 6.11. The summed E-state index contributed by atoms with van der Waals surface area (Å²) in [6.45, 7) is 1.42. The van der Waals surface area contributed by atoms with Crippen molar-refractivity contribution in [2.75, 3.05) is 13.4 Å². The Morgan fingerprint density at radius 2 is 1.82 bits per heavy atom. The molecule has 2 aliphatic rings. The lowest BCUT2D eigenvalue weighted by Gasteiger charge is -2.39. The number of benzene rings is 2. The maximum absolute atomic E-state index is 13.3. The van der Waals surface area contributed by atoms with E-state index in [2.05, 4.69) is 0 Å². The van der Waals surface area contributed by atoms with Crippen LogP contribution < -0.4 is 19.6 Å². The van der Waals surface area contributed by atoms with Crippen LogP contribution in [0, 0.1) is 0 Å². The molecule has 0 unspecified atom stereocenters. The average molecular weight is 472 g/mol. The van der Waals surface area contributed by atoms with E-state index in [1.807, 2.05) is 6.92 Å². The first-order chi connectivity index (χ1) is 16.4. The van der Waals surface area contributed by atoms with E-state index in [9.17, 15) is 25.2 Å². The van der Waals surface area contributed by atoms with Crippen molar-refractivity contribution in [2.45, 2.75) is 44.1 Å². The fraction of sp³-hybridized carbons (Fsp3) is 0.375. The van der Waals surface area contributed by atoms with E-state index in [1.165, 1.54) is 12.3 Å². The Kier molecular flexibility index (Phi) is 5.92. The zero-order chi connectivity index (χ0) is 24.0. The first-order valence-corrected chi connectivity index (χ1v) is 10.9. The van der Waals surface area contributed by atoms with Gasteiger partial charge in [0.25, 0.3) is 0 Å². The summed E-state index contributed by atoms with van der Waals surface area (Å²) in [7, 11) is 0. The molecule has 1 fully saturated rings. The Morgan fingerprint density at radius 3 is 2.59 bits per heavy atom.